The Hall–Kier alpha value is -3.98. The third-order valence-electron chi connectivity index (χ3n) is 7.00. The number of nitrogens with zero attached hydrogens (tertiary/aromatic N) is 4. The first-order chi connectivity index (χ1) is 17.8. The molecule has 0 bridgehead atoms. The van der Waals surface area contributed by atoms with E-state index in [1.165, 1.54) is 18.3 Å². The molecule has 3 N–H and O–H groups in total. The van der Waals surface area contributed by atoms with Gasteiger partial charge in [0.15, 0.2) is 17.3 Å². The zero-order chi connectivity index (χ0) is 26.0. The minimum absolute atomic E-state index is 0.0183. The molecule has 0 radical (unpaired) electrons. The van der Waals surface area contributed by atoms with Crippen molar-refractivity contribution in [2.24, 2.45) is 11.1 Å². The van der Waals surface area contributed by atoms with Gasteiger partial charge < -0.3 is 25.6 Å². The second-order valence-electron chi connectivity index (χ2n) is 9.92. The summed E-state index contributed by atoms with van der Waals surface area (Å²) in [5.41, 5.74) is 7.75. The lowest BCUT2D eigenvalue weighted by Crippen LogP contribution is -2.44. The van der Waals surface area contributed by atoms with Crippen molar-refractivity contribution in [3.63, 3.8) is 0 Å². The standard InChI is InChI=1S/C28H31FN6O2/c1-28(8-9-28)27(36)33-21-4-5-24(22(29)16-21)37-25-15-20(18-31-23(25)7-10-30)19-3-6-26(32-17-19)35-13-11-34(2)12-14-35/h3-7,10,15-18H,8-9,11-14,30H2,1-2H3,(H,33,36). The maximum absolute atomic E-state index is 14.9. The molecular weight excluding hydrogens is 471 g/mol. The Bertz CT molecular complexity index is 1310. The second kappa shape index (κ2) is 10.2. The van der Waals surface area contributed by atoms with Gasteiger partial charge in [-0.1, -0.05) is 6.92 Å². The van der Waals surface area contributed by atoms with Gasteiger partial charge in [-0.05, 0) is 62.5 Å². The Morgan fingerprint density at radius 2 is 1.81 bits per heavy atom. The van der Waals surface area contributed by atoms with Crippen LogP contribution < -0.4 is 20.7 Å². The number of ether oxygens (including phenoxy) is 1. The lowest BCUT2D eigenvalue weighted by Gasteiger charge is -2.33. The number of nitrogens with two attached hydrogens (primary N) is 1. The molecule has 0 atom stereocenters. The fourth-order valence-corrected chi connectivity index (χ4v) is 4.17. The largest absolute Gasteiger partial charge is 0.452 e. The number of carbonyl (C=O) groups excluding carboxylic acids is 1. The number of rotatable bonds is 7. The van der Waals surface area contributed by atoms with Crippen LogP contribution in [0.5, 0.6) is 11.5 Å². The Labute approximate surface area is 216 Å². The predicted molar refractivity (Wildman–Crippen MR) is 143 cm³/mol. The number of pyridine rings is 2. The summed E-state index contributed by atoms with van der Waals surface area (Å²) in [7, 11) is 2.12. The van der Waals surface area contributed by atoms with Crippen molar-refractivity contribution in [2.75, 3.05) is 43.4 Å². The molecule has 3 heterocycles. The molecule has 1 amide bonds. The van der Waals surface area contributed by atoms with Crippen molar-refractivity contribution in [2.45, 2.75) is 19.8 Å². The van der Waals surface area contributed by atoms with Gasteiger partial charge in [-0.2, -0.15) is 0 Å². The zero-order valence-electron chi connectivity index (χ0n) is 21.1. The lowest BCUT2D eigenvalue weighted by molar-refractivity contribution is -0.120. The van der Waals surface area contributed by atoms with Crippen LogP contribution in [0.25, 0.3) is 17.2 Å². The molecular formula is C28H31FN6O2. The van der Waals surface area contributed by atoms with Crippen molar-refractivity contribution in [3.8, 4) is 22.6 Å². The predicted octanol–water partition coefficient (Wildman–Crippen LogP) is 4.49. The van der Waals surface area contributed by atoms with Gasteiger partial charge >= 0.3 is 0 Å². The van der Waals surface area contributed by atoms with Crippen LogP contribution in [0, 0.1) is 11.2 Å². The third kappa shape index (κ3) is 5.56. The zero-order valence-corrected chi connectivity index (χ0v) is 21.1. The first kappa shape index (κ1) is 24.7. The van der Waals surface area contributed by atoms with E-state index < -0.39 is 5.82 Å². The van der Waals surface area contributed by atoms with Crippen LogP contribution in [0.4, 0.5) is 15.9 Å². The Kier molecular flexibility index (Phi) is 6.80. The normalized spacial score (nSPS) is 17.1. The molecule has 9 heteroatoms. The van der Waals surface area contributed by atoms with Crippen molar-refractivity contribution >= 4 is 23.5 Å². The fourth-order valence-electron chi connectivity index (χ4n) is 4.17. The van der Waals surface area contributed by atoms with E-state index in [1.54, 1.807) is 24.4 Å². The number of halogens is 1. The number of hydrogen-bond acceptors (Lipinski definition) is 7. The molecule has 0 unspecified atom stereocenters. The highest BCUT2D eigenvalue weighted by Crippen LogP contribution is 2.45. The van der Waals surface area contributed by atoms with E-state index >= 15 is 0 Å². The Morgan fingerprint density at radius 3 is 2.46 bits per heavy atom. The van der Waals surface area contributed by atoms with Crippen LogP contribution >= 0.6 is 0 Å². The smallest absolute Gasteiger partial charge is 0.230 e. The number of hydrogen-bond donors (Lipinski definition) is 2. The van der Waals surface area contributed by atoms with Crippen LogP contribution in [0.2, 0.25) is 0 Å². The first-order valence-electron chi connectivity index (χ1n) is 12.4. The number of carbonyl (C=O) groups is 1. The van der Waals surface area contributed by atoms with E-state index in [2.05, 4.69) is 32.1 Å². The summed E-state index contributed by atoms with van der Waals surface area (Å²) < 4.78 is 20.9. The first-order valence-corrected chi connectivity index (χ1v) is 12.4. The van der Waals surface area contributed by atoms with E-state index in [0.717, 1.165) is 56.0 Å². The van der Waals surface area contributed by atoms with Gasteiger partial charge in [0.25, 0.3) is 0 Å². The third-order valence-corrected chi connectivity index (χ3v) is 7.00. The molecule has 2 aromatic heterocycles. The average Bonchev–Trinajstić information content (AvgIpc) is 3.66. The van der Waals surface area contributed by atoms with Crippen molar-refractivity contribution in [3.05, 3.63) is 66.5 Å². The number of benzene rings is 1. The molecule has 8 nitrogen and oxygen atoms in total. The molecule has 3 aromatic rings. The van der Waals surface area contributed by atoms with Gasteiger partial charge in [-0.15, -0.1) is 0 Å². The Balaban J connectivity index is 1.35. The molecule has 2 fully saturated rings. The molecule has 5 rings (SSSR count). The molecule has 2 aliphatic rings. The Morgan fingerprint density at radius 1 is 1.05 bits per heavy atom. The van der Waals surface area contributed by atoms with Crippen LogP contribution in [0.3, 0.4) is 0 Å². The maximum Gasteiger partial charge on any atom is 0.230 e. The van der Waals surface area contributed by atoms with Crippen LogP contribution in [-0.4, -0.2) is 54.0 Å². The number of aromatic nitrogens is 2. The summed E-state index contributed by atoms with van der Waals surface area (Å²) in [6.45, 7) is 5.80. The minimum atomic E-state index is -0.593. The molecule has 37 heavy (non-hydrogen) atoms. The molecule has 192 valence electrons. The van der Waals surface area contributed by atoms with Crippen LogP contribution in [0.15, 0.2) is 55.0 Å². The summed E-state index contributed by atoms with van der Waals surface area (Å²) in [5.74, 6) is 0.618. The number of likely N-dealkylation sites (N-methyl/N-ethyl adjacent to an activating group) is 1. The minimum Gasteiger partial charge on any atom is -0.452 e. The molecule has 1 saturated heterocycles. The lowest BCUT2D eigenvalue weighted by atomic mass is 10.1. The number of piperazine rings is 1. The van der Waals surface area contributed by atoms with Gasteiger partial charge in [0.2, 0.25) is 5.91 Å². The summed E-state index contributed by atoms with van der Waals surface area (Å²) in [5, 5.41) is 2.78. The molecule has 1 saturated carbocycles. The second-order valence-corrected chi connectivity index (χ2v) is 9.92. The quantitative estimate of drug-likeness (QED) is 0.491. The molecule has 1 aromatic carbocycles. The molecule has 1 aliphatic carbocycles. The highest BCUT2D eigenvalue weighted by Gasteiger charge is 2.44. The van der Waals surface area contributed by atoms with Crippen molar-refractivity contribution in [1.82, 2.24) is 14.9 Å². The summed E-state index contributed by atoms with van der Waals surface area (Å²) in [6, 6.07) is 10.2. The van der Waals surface area contributed by atoms with E-state index in [9.17, 15) is 9.18 Å². The summed E-state index contributed by atoms with van der Waals surface area (Å²) >= 11 is 0. The van der Waals surface area contributed by atoms with Gasteiger partial charge in [0.1, 0.15) is 11.5 Å². The van der Waals surface area contributed by atoms with Crippen molar-refractivity contribution in [1.29, 1.82) is 0 Å². The maximum atomic E-state index is 14.9. The fraction of sp³-hybridized carbons (Fsp3) is 0.321. The van der Waals surface area contributed by atoms with E-state index in [4.69, 9.17) is 10.5 Å². The van der Waals surface area contributed by atoms with E-state index in [-0.39, 0.29) is 17.1 Å². The van der Waals surface area contributed by atoms with E-state index in [0.29, 0.717) is 17.1 Å². The van der Waals surface area contributed by atoms with Gasteiger partial charge in [0.05, 0.1) is 0 Å². The van der Waals surface area contributed by atoms with Crippen LogP contribution in [0.1, 0.15) is 25.5 Å². The number of anilines is 2. The molecule has 0 spiro atoms. The SMILES string of the molecule is CN1CCN(c2ccc(-c3cnc(C=CN)c(Oc4ccc(NC(=O)C5(C)CC5)cc4F)c3)cn2)CC1. The number of amides is 1. The van der Waals surface area contributed by atoms with Crippen LogP contribution in [-0.2, 0) is 4.79 Å². The van der Waals surface area contributed by atoms with Gasteiger partial charge in [0, 0.05) is 66.9 Å². The summed E-state index contributed by atoms with van der Waals surface area (Å²) in [4.78, 5) is 26.0. The highest BCUT2D eigenvalue weighted by atomic mass is 19.1. The van der Waals surface area contributed by atoms with E-state index in [1.807, 2.05) is 25.3 Å². The molecule has 1 aliphatic heterocycles. The highest BCUT2D eigenvalue weighted by molar-refractivity contribution is 5.96. The van der Waals surface area contributed by atoms with Gasteiger partial charge in [-0.25, -0.2) is 9.37 Å². The van der Waals surface area contributed by atoms with Crippen molar-refractivity contribution < 1.29 is 13.9 Å². The topological polar surface area (TPSA) is 96.6 Å². The summed E-state index contributed by atoms with van der Waals surface area (Å²) in [6.07, 6.45) is 8.16. The average molecular weight is 503 g/mol. The monoisotopic (exact) mass is 502 g/mol. The number of nitrogens with one attached hydrogen (secondary N) is 1. The van der Waals surface area contributed by atoms with Gasteiger partial charge in [-0.3, -0.25) is 9.78 Å².